The molecule has 2 aromatic rings. The number of benzene rings is 1. The van der Waals surface area contributed by atoms with E-state index in [2.05, 4.69) is 58.6 Å². The third-order valence-corrected chi connectivity index (χ3v) is 5.16. The molecule has 1 saturated heterocycles. The molecule has 2 heterocycles. The van der Waals surface area contributed by atoms with Crippen LogP contribution >= 0.6 is 0 Å². The Morgan fingerprint density at radius 1 is 1.24 bits per heavy atom. The van der Waals surface area contributed by atoms with Crippen molar-refractivity contribution in [3.63, 3.8) is 0 Å². The van der Waals surface area contributed by atoms with E-state index in [-0.39, 0.29) is 0 Å². The first-order valence-electron chi connectivity index (χ1n) is 9.14. The van der Waals surface area contributed by atoms with Gasteiger partial charge in [0.2, 0.25) is 0 Å². The van der Waals surface area contributed by atoms with E-state index in [4.69, 9.17) is 4.74 Å². The maximum absolute atomic E-state index is 5.44. The molecule has 0 saturated carbocycles. The van der Waals surface area contributed by atoms with Crippen molar-refractivity contribution in [2.45, 2.75) is 24.9 Å². The summed E-state index contributed by atoms with van der Waals surface area (Å²) in [6, 6.07) is 15.7. The van der Waals surface area contributed by atoms with E-state index in [1.54, 1.807) is 7.11 Å². The topological polar surface area (TPSA) is 37.4 Å². The van der Waals surface area contributed by atoms with Crippen LogP contribution in [0.5, 0.6) is 0 Å². The van der Waals surface area contributed by atoms with Crippen molar-refractivity contribution in [1.82, 2.24) is 15.2 Å². The first-order chi connectivity index (χ1) is 12.3. The Bertz CT molecular complexity index is 620. The largest absolute Gasteiger partial charge is 0.383 e. The minimum atomic E-state index is 0.341. The molecule has 0 radical (unpaired) electrons. The van der Waals surface area contributed by atoms with Crippen LogP contribution in [0.1, 0.15) is 23.6 Å². The van der Waals surface area contributed by atoms with E-state index in [1.165, 1.54) is 17.5 Å². The second-order valence-corrected chi connectivity index (χ2v) is 7.01. The fourth-order valence-electron chi connectivity index (χ4n) is 3.93. The van der Waals surface area contributed by atoms with Crippen LogP contribution in [0.4, 0.5) is 0 Å². The molecular formula is C21H29N3O. The van der Waals surface area contributed by atoms with Crippen LogP contribution in [0.25, 0.3) is 0 Å². The smallest absolute Gasteiger partial charge is 0.0619 e. The highest BCUT2D eigenvalue weighted by Crippen LogP contribution is 2.35. The number of methoxy groups -OCH3 is 1. The number of pyridine rings is 1. The number of nitrogens with one attached hydrogen (secondary N) is 1. The fourth-order valence-corrected chi connectivity index (χ4v) is 3.93. The highest BCUT2D eigenvalue weighted by atomic mass is 16.5. The number of likely N-dealkylation sites (tertiary alicyclic amines) is 1. The average molecular weight is 339 g/mol. The lowest BCUT2D eigenvalue weighted by Gasteiger charge is -2.27. The highest BCUT2D eigenvalue weighted by Gasteiger charge is 2.33. The first kappa shape index (κ1) is 18.1. The van der Waals surface area contributed by atoms with E-state index in [9.17, 15) is 0 Å². The summed E-state index contributed by atoms with van der Waals surface area (Å²) in [7, 11) is 4.00. The molecule has 1 fully saturated rings. The molecular weight excluding hydrogens is 310 g/mol. The molecule has 1 aromatic heterocycles. The number of ether oxygens (including phenoxy) is 1. The van der Waals surface area contributed by atoms with Crippen molar-refractivity contribution in [1.29, 1.82) is 0 Å². The van der Waals surface area contributed by atoms with Crippen molar-refractivity contribution in [2.75, 3.05) is 33.9 Å². The average Bonchev–Trinajstić information content (AvgIpc) is 3.02. The van der Waals surface area contributed by atoms with Gasteiger partial charge in [0.1, 0.15) is 0 Å². The van der Waals surface area contributed by atoms with Gasteiger partial charge in [-0.25, -0.2) is 0 Å². The van der Waals surface area contributed by atoms with Gasteiger partial charge in [-0.3, -0.25) is 9.88 Å². The Labute approximate surface area is 151 Å². The third kappa shape index (κ3) is 4.88. The van der Waals surface area contributed by atoms with E-state index in [0.29, 0.717) is 18.0 Å². The third-order valence-electron chi connectivity index (χ3n) is 5.16. The summed E-state index contributed by atoms with van der Waals surface area (Å²) >= 11 is 0. The van der Waals surface area contributed by atoms with Crippen molar-refractivity contribution < 1.29 is 4.74 Å². The van der Waals surface area contributed by atoms with Gasteiger partial charge in [0, 0.05) is 38.1 Å². The number of rotatable bonds is 8. The normalized spacial score (nSPS) is 22.2. The van der Waals surface area contributed by atoms with Gasteiger partial charge in [-0.15, -0.1) is 0 Å². The molecule has 0 bridgehead atoms. The van der Waals surface area contributed by atoms with Gasteiger partial charge in [-0.05, 0) is 49.5 Å². The summed E-state index contributed by atoms with van der Waals surface area (Å²) < 4.78 is 5.44. The molecule has 25 heavy (non-hydrogen) atoms. The van der Waals surface area contributed by atoms with Crippen LogP contribution in [0.3, 0.4) is 0 Å². The SMILES string of the molecule is COC[C@H](Cc1ccccc1)NC[C@@H]1CCN(C)[C@H]1c1cccnc1. The zero-order valence-electron chi connectivity index (χ0n) is 15.3. The molecule has 1 aliphatic rings. The van der Waals surface area contributed by atoms with E-state index in [1.807, 2.05) is 18.5 Å². The highest BCUT2D eigenvalue weighted by molar-refractivity contribution is 5.18. The molecule has 4 nitrogen and oxygen atoms in total. The monoisotopic (exact) mass is 339 g/mol. The van der Waals surface area contributed by atoms with E-state index >= 15 is 0 Å². The molecule has 4 heteroatoms. The number of hydrogen-bond acceptors (Lipinski definition) is 4. The van der Waals surface area contributed by atoms with Crippen molar-refractivity contribution >= 4 is 0 Å². The molecule has 1 N–H and O–H groups in total. The van der Waals surface area contributed by atoms with Gasteiger partial charge in [-0.2, -0.15) is 0 Å². The second-order valence-electron chi connectivity index (χ2n) is 7.01. The quantitative estimate of drug-likeness (QED) is 0.802. The maximum Gasteiger partial charge on any atom is 0.0619 e. The molecule has 1 aromatic carbocycles. The summed E-state index contributed by atoms with van der Waals surface area (Å²) in [4.78, 5) is 6.76. The summed E-state index contributed by atoms with van der Waals surface area (Å²) in [5.41, 5.74) is 2.67. The van der Waals surface area contributed by atoms with Gasteiger partial charge in [0.15, 0.2) is 0 Å². The summed E-state index contributed by atoms with van der Waals surface area (Å²) in [6.07, 6.45) is 6.07. The van der Waals surface area contributed by atoms with Crippen molar-refractivity contribution in [2.24, 2.45) is 5.92 Å². The molecule has 134 valence electrons. The molecule has 0 aliphatic carbocycles. The lowest BCUT2D eigenvalue weighted by Crippen LogP contribution is -2.39. The zero-order valence-corrected chi connectivity index (χ0v) is 15.3. The Hall–Kier alpha value is -1.75. The van der Waals surface area contributed by atoms with E-state index in [0.717, 1.165) is 26.1 Å². The van der Waals surface area contributed by atoms with Crippen LogP contribution in [0.15, 0.2) is 54.9 Å². The predicted molar refractivity (Wildman–Crippen MR) is 102 cm³/mol. The number of nitrogens with zero attached hydrogens (tertiary/aromatic N) is 2. The minimum absolute atomic E-state index is 0.341. The maximum atomic E-state index is 5.44. The van der Waals surface area contributed by atoms with Crippen LogP contribution in [-0.2, 0) is 11.2 Å². The molecule has 3 rings (SSSR count). The minimum Gasteiger partial charge on any atom is -0.383 e. The van der Waals surface area contributed by atoms with Gasteiger partial charge < -0.3 is 10.1 Å². The molecule has 0 amide bonds. The summed E-state index contributed by atoms with van der Waals surface area (Å²) in [6.45, 7) is 2.87. The summed E-state index contributed by atoms with van der Waals surface area (Å²) in [5, 5.41) is 3.76. The number of aromatic nitrogens is 1. The fraction of sp³-hybridized carbons (Fsp3) is 0.476. The Morgan fingerprint density at radius 2 is 2.08 bits per heavy atom. The predicted octanol–water partition coefficient (Wildman–Crippen LogP) is 2.92. The van der Waals surface area contributed by atoms with Gasteiger partial charge >= 0.3 is 0 Å². The Morgan fingerprint density at radius 3 is 2.80 bits per heavy atom. The molecule has 3 atom stereocenters. The van der Waals surface area contributed by atoms with Gasteiger partial charge in [0.25, 0.3) is 0 Å². The van der Waals surface area contributed by atoms with Crippen LogP contribution in [0.2, 0.25) is 0 Å². The summed E-state index contributed by atoms with van der Waals surface area (Å²) in [5.74, 6) is 0.601. The van der Waals surface area contributed by atoms with Crippen molar-refractivity contribution in [3.8, 4) is 0 Å². The van der Waals surface area contributed by atoms with Crippen molar-refractivity contribution in [3.05, 3.63) is 66.0 Å². The lowest BCUT2D eigenvalue weighted by atomic mass is 9.94. The van der Waals surface area contributed by atoms with Gasteiger partial charge in [-0.1, -0.05) is 36.4 Å². The molecule has 0 spiro atoms. The molecule has 0 unspecified atom stereocenters. The number of hydrogen-bond donors (Lipinski definition) is 1. The lowest BCUT2D eigenvalue weighted by molar-refractivity contribution is 0.161. The standard InChI is InChI=1S/C21H29N3O/c1-24-12-10-19(21(24)18-9-6-11-22-14-18)15-23-20(16-25-2)13-17-7-4-3-5-8-17/h3-9,11,14,19-21,23H,10,12-13,15-16H2,1-2H3/t19-,20-,21-/m0/s1. The zero-order chi connectivity index (χ0) is 17.5. The first-order valence-corrected chi connectivity index (χ1v) is 9.14. The van der Waals surface area contributed by atoms with Crippen LogP contribution in [0, 0.1) is 5.92 Å². The van der Waals surface area contributed by atoms with Crippen LogP contribution in [-0.4, -0.2) is 49.8 Å². The second kappa shape index (κ2) is 9.09. The molecule has 1 aliphatic heterocycles. The van der Waals surface area contributed by atoms with E-state index < -0.39 is 0 Å². The Kier molecular flexibility index (Phi) is 6.56. The Balaban J connectivity index is 1.61. The van der Waals surface area contributed by atoms with Crippen LogP contribution < -0.4 is 5.32 Å². The van der Waals surface area contributed by atoms with Gasteiger partial charge in [0.05, 0.1) is 6.61 Å².